The standard InChI is InChI=1S/2C10H8O6S2/c2*11-17(12,13)9-5-1-3-7-8(9)4-2-6-10(7)18(14,15)16/h2*1-6H,(H,11,12,13)(H,14,15,16)/p-4. The van der Waals surface area contributed by atoms with Gasteiger partial charge in [0.05, 0.1) is 19.6 Å². The summed E-state index contributed by atoms with van der Waals surface area (Å²) >= 11 is 0. The van der Waals surface area contributed by atoms with Crippen LogP contribution in [-0.2, 0) is 40.5 Å². The number of hydrogen-bond acceptors (Lipinski definition) is 12. The van der Waals surface area contributed by atoms with E-state index in [0.29, 0.717) is 0 Å². The first kappa shape index (κ1) is 27.6. The van der Waals surface area contributed by atoms with Gasteiger partial charge in [-0.15, -0.1) is 0 Å². The van der Waals surface area contributed by atoms with Crippen molar-refractivity contribution >= 4 is 62.0 Å². The van der Waals surface area contributed by atoms with Crippen LogP contribution in [0.3, 0.4) is 0 Å². The van der Waals surface area contributed by atoms with Crippen LogP contribution in [0.1, 0.15) is 0 Å². The Morgan fingerprint density at radius 1 is 0.333 bits per heavy atom. The van der Waals surface area contributed by atoms with Gasteiger partial charge in [-0.2, -0.15) is 0 Å². The van der Waals surface area contributed by atoms with E-state index in [0.717, 1.165) is 24.3 Å². The van der Waals surface area contributed by atoms with Crippen LogP contribution in [0.5, 0.6) is 0 Å². The van der Waals surface area contributed by atoms with Crippen molar-refractivity contribution in [3.8, 4) is 0 Å². The molecule has 4 aromatic carbocycles. The van der Waals surface area contributed by atoms with Gasteiger partial charge in [0.25, 0.3) is 0 Å². The molecule has 0 radical (unpaired) electrons. The maximum atomic E-state index is 11.0. The van der Waals surface area contributed by atoms with Crippen molar-refractivity contribution < 1.29 is 51.9 Å². The molecule has 0 fully saturated rings. The minimum Gasteiger partial charge on any atom is -0.744 e. The van der Waals surface area contributed by atoms with Gasteiger partial charge in [0, 0.05) is 21.5 Å². The topological polar surface area (TPSA) is 229 Å². The van der Waals surface area contributed by atoms with E-state index in [4.69, 9.17) is 0 Å². The van der Waals surface area contributed by atoms with E-state index in [1.807, 2.05) is 0 Å². The van der Waals surface area contributed by atoms with Gasteiger partial charge >= 0.3 is 0 Å². The number of fused-ring (bicyclic) bond motifs is 2. The fourth-order valence-corrected chi connectivity index (χ4v) is 6.15. The van der Waals surface area contributed by atoms with Gasteiger partial charge < -0.3 is 18.2 Å². The zero-order valence-corrected chi connectivity index (χ0v) is 20.7. The van der Waals surface area contributed by atoms with Gasteiger partial charge in [0.15, 0.2) is 0 Å². The first-order chi connectivity index (χ1) is 16.4. The number of benzene rings is 4. The number of hydrogen-bond donors (Lipinski definition) is 0. The zero-order valence-electron chi connectivity index (χ0n) is 17.5. The van der Waals surface area contributed by atoms with Crippen molar-refractivity contribution in [3.63, 3.8) is 0 Å². The van der Waals surface area contributed by atoms with Gasteiger partial charge in [-0.25, -0.2) is 33.7 Å². The molecule has 0 aliphatic heterocycles. The van der Waals surface area contributed by atoms with Crippen LogP contribution in [0.15, 0.2) is 92.4 Å². The highest BCUT2D eigenvalue weighted by Crippen LogP contribution is 2.29. The van der Waals surface area contributed by atoms with E-state index in [9.17, 15) is 51.9 Å². The van der Waals surface area contributed by atoms with Crippen molar-refractivity contribution in [1.29, 1.82) is 0 Å². The summed E-state index contributed by atoms with van der Waals surface area (Å²) in [6, 6.07) is 14.2. The second-order valence-electron chi connectivity index (χ2n) is 7.03. The van der Waals surface area contributed by atoms with E-state index in [1.165, 1.54) is 48.5 Å². The third-order valence-corrected chi connectivity index (χ3v) is 8.34. The molecule has 4 rings (SSSR count). The van der Waals surface area contributed by atoms with E-state index in [-0.39, 0.29) is 21.5 Å². The minimum atomic E-state index is -4.74. The lowest BCUT2D eigenvalue weighted by Gasteiger charge is -2.14. The molecule has 4 aromatic rings. The normalized spacial score (nSPS) is 12.8. The molecular formula is C20H12O12S4-4. The van der Waals surface area contributed by atoms with Gasteiger partial charge in [0.1, 0.15) is 40.5 Å². The Morgan fingerprint density at radius 2 is 0.500 bits per heavy atom. The molecule has 36 heavy (non-hydrogen) atoms. The van der Waals surface area contributed by atoms with Crippen LogP contribution in [0, 0.1) is 0 Å². The molecule has 0 saturated carbocycles. The molecule has 0 atom stereocenters. The number of rotatable bonds is 4. The lowest BCUT2D eigenvalue weighted by Crippen LogP contribution is -2.03. The summed E-state index contributed by atoms with van der Waals surface area (Å²) in [6.07, 6.45) is 0. The molecule has 0 amide bonds. The van der Waals surface area contributed by atoms with Gasteiger partial charge in [-0.05, 0) is 24.3 Å². The fourth-order valence-electron chi connectivity index (χ4n) is 3.38. The SMILES string of the molecule is O=S(=O)([O-])c1cccc2c(S(=O)(=O)[O-])cccc12.O=S(=O)([O-])c1cccc2c(S(=O)(=O)[O-])cccc12. The van der Waals surface area contributed by atoms with Crippen LogP contribution in [0.25, 0.3) is 21.5 Å². The van der Waals surface area contributed by atoms with E-state index in [2.05, 4.69) is 0 Å². The minimum absolute atomic E-state index is 0.0792. The maximum Gasteiger partial charge on any atom is 0.125 e. The third-order valence-electron chi connectivity index (χ3n) is 4.76. The second-order valence-corrected chi connectivity index (χ2v) is 12.4. The summed E-state index contributed by atoms with van der Waals surface area (Å²) < 4.78 is 132. The summed E-state index contributed by atoms with van der Waals surface area (Å²) in [5, 5.41) is -0.317. The summed E-state index contributed by atoms with van der Waals surface area (Å²) in [6.45, 7) is 0. The quantitative estimate of drug-likeness (QED) is 0.315. The van der Waals surface area contributed by atoms with Crippen molar-refractivity contribution in [2.75, 3.05) is 0 Å². The molecule has 0 spiro atoms. The molecule has 0 aliphatic rings. The largest absolute Gasteiger partial charge is 0.744 e. The highest BCUT2D eigenvalue weighted by atomic mass is 32.2. The van der Waals surface area contributed by atoms with Crippen molar-refractivity contribution in [3.05, 3.63) is 72.8 Å². The van der Waals surface area contributed by atoms with Crippen LogP contribution < -0.4 is 0 Å². The van der Waals surface area contributed by atoms with Crippen LogP contribution in [-0.4, -0.2) is 51.9 Å². The highest BCUT2D eigenvalue weighted by molar-refractivity contribution is 7.87. The lowest BCUT2D eigenvalue weighted by atomic mass is 10.1. The van der Waals surface area contributed by atoms with Gasteiger partial charge in [0.2, 0.25) is 0 Å². The molecule has 0 aliphatic carbocycles. The monoisotopic (exact) mass is 572 g/mol. The van der Waals surface area contributed by atoms with E-state index in [1.54, 1.807) is 0 Å². The lowest BCUT2D eigenvalue weighted by molar-refractivity contribution is 0.461. The Bertz CT molecular complexity index is 1640. The molecule has 0 aromatic heterocycles. The first-order valence-corrected chi connectivity index (χ1v) is 14.9. The van der Waals surface area contributed by atoms with Crippen LogP contribution in [0.2, 0.25) is 0 Å². The molecule has 0 unspecified atom stereocenters. The molecular weight excluding hydrogens is 560 g/mol. The zero-order chi connectivity index (χ0) is 27.1. The highest BCUT2D eigenvalue weighted by Gasteiger charge is 2.13. The molecule has 192 valence electrons. The smallest absolute Gasteiger partial charge is 0.125 e. The Kier molecular flexibility index (Phi) is 7.28. The third kappa shape index (κ3) is 5.88. The predicted molar refractivity (Wildman–Crippen MR) is 120 cm³/mol. The van der Waals surface area contributed by atoms with Gasteiger partial charge in [-0.1, -0.05) is 48.5 Å². The Hall–Kier alpha value is -2.96. The van der Waals surface area contributed by atoms with Gasteiger partial charge in [-0.3, -0.25) is 0 Å². The summed E-state index contributed by atoms with van der Waals surface area (Å²) in [5.41, 5.74) is 0. The average molecular weight is 573 g/mol. The van der Waals surface area contributed by atoms with E-state index < -0.39 is 60.1 Å². The first-order valence-electron chi connectivity index (χ1n) is 9.29. The van der Waals surface area contributed by atoms with Crippen LogP contribution >= 0.6 is 0 Å². The maximum absolute atomic E-state index is 11.0. The van der Waals surface area contributed by atoms with Crippen molar-refractivity contribution in [1.82, 2.24) is 0 Å². The molecule has 16 heteroatoms. The molecule has 0 saturated heterocycles. The van der Waals surface area contributed by atoms with E-state index >= 15 is 0 Å². The second kappa shape index (κ2) is 9.49. The predicted octanol–water partition coefficient (Wildman–Crippen LogP) is 1.30. The fraction of sp³-hybridized carbons (Fsp3) is 0. The van der Waals surface area contributed by atoms with Crippen molar-refractivity contribution in [2.45, 2.75) is 19.6 Å². The Labute approximate surface area is 205 Å². The Balaban J connectivity index is 0.000000201. The Morgan fingerprint density at radius 3 is 0.639 bits per heavy atom. The molecule has 0 bridgehead atoms. The summed E-state index contributed by atoms with van der Waals surface area (Å²) in [4.78, 5) is -2.20. The summed E-state index contributed by atoms with van der Waals surface area (Å²) in [7, 11) is -19.0. The summed E-state index contributed by atoms with van der Waals surface area (Å²) in [5.74, 6) is 0. The van der Waals surface area contributed by atoms with Crippen LogP contribution in [0.4, 0.5) is 0 Å². The van der Waals surface area contributed by atoms with Crippen molar-refractivity contribution in [2.24, 2.45) is 0 Å². The molecule has 0 heterocycles. The average Bonchev–Trinajstić information content (AvgIpc) is 2.75. The molecule has 12 nitrogen and oxygen atoms in total. The molecule has 0 N–H and O–H groups in total.